The Bertz CT molecular complexity index is 322. The molecule has 1 rings (SSSR count). The summed E-state index contributed by atoms with van der Waals surface area (Å²) in [6.07, 6.45) is -17.8. The van der Waals surface area contributed by atoms with Gasteiger partial charge in [-0.1, -0.05) is 0 Å². The molecular weight excluding hydrogens is 260 g/mol. The van der Waals surface area contributed by atoms with Gasteiger partial charge in [-0.2, -0.15) is 35.1 Å². The van der Waals surface area contributed by atoms with E-state index in [1.54, 1.807) is 0 Å². The predicted octanol–water partition coefficient (Wildman–Crippen LogP) is 1.97. The van der Waals surface area contributed by atoms with Crippen LogP contribution in [-0.2, 0) is 14.3 Å². The number of cyclic esters (lactones) is 1. The number of alkyl halides is 8. The highest BCUT2D eigenvalue weighted by molar-refractivity contribution is 5.77. The van der Waals surface area contributed by atoms with Crippen molar-refractivity contribution in [3.63, 3.8) is 0 Å². The quantitative estimate of drug-likeness (QED) is 0.493. The number of esters is 1. The second-order valence-electron chi connectivity index (χ2n) is 2.62. The fourth-order valence-electron chi connectivity index (χ4n) is 0.738. The van der Waals surface area contributed by atoms with Crippen molar-refractivity contribution in [3.05, 3.63) is 0 Å². The van der Waals surface area contributed by atoms with Crippen molar-refractivity contribution in [2.75, 3.05) is 0 Å². The first-order valence-electron chi connectivity index (χ1n) is 3.28. The smallest absolute Gasteiger partial charge is 0.406 e. The van der Waals surface area contributed by atoms with Gasteiger partial charge in [-0.25, -0.2) is 9.53 Å². The summed E-state index contributed by atoms with van der Waals surface area (Å²) in [6.45, 7) is 0. The van der Waals surface area contributed by atoms with Gasteiger partial charge in [0.25, 0.3) is 0 Å². The van der Waals surface area contributed by atoms with E-state index in [0.717, 1.165) is 0 Å². The van der Waals surface area contributed by atoms with Gasteiger partial charge in [0.05, 0.1) is 0 Å². The summed E-state index contributed by atoms with van der Waals surface area (Å²) in [5.74, 6) is -9.14. The van der Waals surface area contributed by atoms with E-state index in [4.69, 9.17) is 0 Å². The predicted molar refractivity (Wildman–Crippen MR) is 27.0 cm³/mol. The van der Waals surface area contributed by atoms with Crippen molar-refractivity contribution in [2.45, 2.75) is 24.2 Å². The number of hydrogen-bond acceptors (Lipinski definition) is 3. The third kappa shape index (κ3) is 1.58. The molecule has 0 aromatic rings. The van der Waals surface area contributed by atoms with Crippen LogP contribution < -0.4 is 0 Å². The van der Waals surface area contributed by atoms with Crippen molar-refractivity contribution < 1.29 is 49.4 Å². The molecule has 1 fully saturated rings. The van der Waals surface area contributed by atoms with E-state index >= 15 is 0 Å². The van der Waals surface area contributed by atoms with Gasteiger partial charge in [-0.15, -0.1) is 0 Å². The van der Waals surface area contributed by atoms with Crippen LogP contribution in [0, 0.1) is 0 Å². The number of ether oxygens (including phenoxy) is 2. The summed E-state index contributed by atoms with van der Waals surface area (Å²) in [5, 5.41) is 0. The lowest BCUT2D eigenvalue weighted by Gasteiger charge is -2.38. The van der Waals surface area contributed by atoms with Crippen molar-refractivity contribution in [1.29, 1.82) is 0 Å². The van der Waals surface area contributed by atoms with E-state index in [9.17, 15) is 39.9 Å². The number of hydrogen-bond donors (Lipinski definition) is 0. The molecule has 0 radical (unpaired) electrons. The van der Waals surface area contributed by atoms with Crippen molar-refractivity contribution in [1.82, 2.24) is 0 Å². The summed E-state index contributed by atoms with van der Waals surface area (Å²) in [4.78, 5) is 10.1. The first-order chi connectivity index (χ1) is 6.83. The molecule has 0 aromatic carbocycles. The number of carbonyl (C=O) groups is 1. The molecular formula is C5F8O3. The number of carbonyl (C=O) groups excluding carboxylic acids is 1. The van der Waals surface area contributed by atoms with Crippen LogP contribution >= 0.6 is 0 Å². The topological polar surface area (TPSA) is 35.5 Å². The molecule has 0 bridgehead atoms. The summed E-state index contributed by atoms with van der Waals surface area (Å²) >= 11 is 0. The molecule has 0 N–H and O–H groups in total. The number of rotatable bonds is 0. The molecule has 1 heterocycles. The first kappa shape index (κ1) is 12.9. The molecule has 0 spiro atoms. The molecule has 3 nitrogen and oxygen atoms in total. The molecule has 11 heteroatoms. The largest absolute Gasteiger partial charge is 0.470 e. The van der Waals surface area contributed by atoms with Crippen LogP contribution in [0.25, 0.3) is 0 Å². The maximum atomic E-state index is 12.7. The van der Waals surface area contributed by atoms with Gasteiger partial charge in [0.1, 0.15) is 0 Å². The van der Waals surface area contributed by atoms with Gasteiger partial charge in [-0.05, 0) is 0 Å². The Morgan fingerprint density at radius 3 is 1.81 bits per heavy atom. The molecule has 1 aliphatic rings. The van der Waals surface area contributed by atoms with E-state index in [1.807, 2.05) is 0 Å². The summed E-state index contributed by atoms with van der Waals surface area (Å²) < 4.78 is 102. The van der Waals surface area contributed by atoms with Gasteiger partial charge in [0.2, 0.25) is 0 Å². The molecule has 1 saturated heterocycles. The maximum Gasteiger partial charge on any atom is 0.470 e. The summed E-state index contributed by atoms with van der Waals surface area (Å²) in [6, 6.07) is 0. The zero-order valence-electron chi connectivity index (χ0n) is 6.75. The molecule has 1 unspecified atom stereocenters. The molecule has 0 amide bonds. The standard InChI is InChI=1S/C5F8O3/c6-2(7)1(14)15-3(8,4(9,10)11)5(12,13)16-2. The van der Waals surface area contributed by atoms with E-state index in [1.165, 1.54) is 0 Å². The van der Waals surface area contributed by atoms with Crippen LogP contribution in [0.15, 0.2) is 0 Å². The Labute approximate surface area is 80.9 Å². The Hall–Kier alpha value is -1.13. The number of halogens is 8. The molecule has 0 aromatic heterocycles. The third-order valence-corrected chi connectivity index (χ3v) is 1.47. The van der Waals surface area contributed by atoms with Crippen molar-refractivity contribution in [2.24, 2.45) is 0 Å². The molecule has 1 aliphatic heterocycles. The fourth-order valence-corrected chi connectivity index (χ4v) is 0.738. The van der Waals surface area contributed by atoms with Crippen molar-refractivity contribution >= 4 is 5.97 Å². The third-order valence-electron chi connectivity index (χ3n) is 1.47. The Balaban J connectivity index is 3.21. The normalized spacial score (nSPS) is 33.4. The highest BCUT2D eigenvalue weighted by Crippen LogP contribution is 2.52. The van der Waals surface area contributed by atoms with Gasteiger partial charge in [0, 0.05) is 0 Å². The minimum Gasteiger partial charge on any atom is -0.406 e. The average molecular weight is 260 g/mol. The highest BCUT2D eigenvalue weighted by atomic mass is 19.4. The molecule has 16 heavy (non-hydrogen) atoms. The summed E-state index contributed by atoms with van der Waals surface area (Å²) in [5.41, 5.74) is 0. The van der Waals surface area contributed by atoms with Gasteiger partial charge in [-0.3, -0.25) is 0 Å². The van der Waals surface area contributed by atoms with Crippen LogP contribution in [0.4, 0.5) is 35.1 Å². The molecule has 94 valence electrons. The zero-order valence-corrected chi connectivity index (χ0v) is 6.75. The minimum atomic E-state index is -6.43. The second kappa shape index (κ2) is 2.96. The minimum absolute atomic E-state index is 2.18. The Morgan fingerprint density at radius 2 is 1.44 bits per heavy atom. The van der Waals surface area contributed by atoms with Gasteiger partial charge >= 0.3 is 30.2 Å². The lowest BCUT2D eigenvalue weighted by Crippen LogP contribution is -2.67. The monoisotopic (exact) mass is 260 g/mol. The van der Waals surface area contributed by atoms with Crippen LogP contribution in [0.2, 0.25) is 0 Å². The zero-order chi connectivity index (χ0) is 13.0. The highest BCUT2D eigenvalue weighted by Gasteiger charge is 2.82. The Kier molecular flexibility index (Phi) is 2.39. The maximum absolute atomic E-state index is 12.7. The van der Waals surface area contributed by atoms with Crippen molar-refractivity contribution in [3.8, 4) is 0 Å². The summed E-state index contributed by atoms with van der Waals surface area (Å²) in [7, 11) is 0. The lowest BCUT2D eigenvalue weighted by atomic mass is 10.2. The van der Waals surface area contributed by atoms with E-state index < -0.39 is 30.2 Å². The van der Waals surface area contributed by atoms with Crippen LogP contribution in [0.3, 0.4) is 0 Å². The first-order valence-corrected chi connectivity index (χ1v) is 3.28. The second-order valence-corrected chi connectivity index (χ2v) is 2.62. The van der Waals surface area contributed by atoms with E-state index in [-0.39, 0.29) is 0 Å². The van der Waals surface area contributed by atoms with Crippen LogP contribution in [0.1, 0.15) is 0 Å². The molecule has 0 saturated carbocycles. The average Bonchev–Trinajstić information content (AvgIpc) is 1.97. The van der Waals surface area contributed by atoms with Gasteiger partial charge in [0.15, 0.2) is 0 Å². The van der Waals surface area contributed by atoms with E-state index in [0.29, 0.717) is 0 Å². The molecule has 1 atom stereocenters. The van der Waals surface area contributed by atoms with Crippen LogP contribution in [-0.4, -0.2) is 30.2 Å². The Morgan fingerprint density at radius 1 is 1.00 bits per heavy atom. The molecule has 0 aliphatic carbocycles. The van der Waals surface area contributed by atoms with Gasteiger partial charge < -0.3 is 4.74 Å². The fraction of sp³-hybridized carbons (Fsp3) is 0.800. The van der Waals surface area contributed by atoms with Crippen LogP contribution in [0.5, 0.6) is 0 Å². The SMILES string of the molecule is O=C1OC(F)(C(F)(F)F)C(F)(F)OC1(F)F. The van der Waals surface area contributed by atoms with E-state index in [2.05, 4.69) is 9.47 Å². The lowest BCUT2D eigenvalue weighted by molar-refractivity contribution is -0.509.